The van der Waals surface area contributed by atoms with Gasteiger partial charge in [-0.3, -0.25) is 4.79 Å². The predicted molar refractivity (Wildman–Crippen MR) is 117 cm³/mol. The van der Waals surface area contributed by atoms with Crippen molar-refractivity contribution < 1.29 is 13.9 Å². The van der Waals surface area contributed by atoms with Gasteiger partial charge in [-0.2, -0.15) is 0 Å². The first-order valence-corrected chi connectivity index (χ1v) is 10.6. The van der Waals surface area contributed by atoms with Crippen molar-refractivity contribution in [2.45, 2.75) is 11.8 Å². The fourth-order valence-electron chi connectivity index (χ4n) is 2.75. The van der Waals surface area contributed by atoms with Gasteiger partial charge in [0.2, 0.25) is 0 Å². The largest absolute Gasteiger partial charge is 0.482 e. The summed E-state index contributed by atoms with van der Waals surface area (Å²) >= 11 is 7.25. The Labute approximate surface area is 183 Å². The molecule has 0 amide bonds. The Morgan fingerprint density at radius 1 is 0.900 bits per heavy atom. The van der Waals surface area contributed by atoms with Crippen LogP contribution in [0.1, 0.15) is 16.2 Å². The van der Waals surface area contributed by atoms with Gasteiger partial charge in [0.25, 0.3) is 11.1 Å². The van der Waals surface area contributed by atoms with Crippen LogP contribution in [0.2, 0.25) is 5.02 Å². The average molecular weight is 437 g/mol. The highest BCUT2D eigenvalue weighted by Crippen LogP contribution is 2.25. The summed E-state index contributed by atoms with van der Waals surface area (Å²) in [4.78, 5) is 12.5. The summed E-state index contributed by atoms with van der Waals surface area (Å²) < 4.78 is 11.1. The summed E-state index contributed by atoms with van der Waals surface area (Å²) in [7, 11) is 0. The van der Waals surface area contributed by atoms with Gasteiger partial charge >= 0.3 is 0 Å². The number of ether oxygens (including phenoxy) is 1. The molecule has 0 fully saturated rings. The van der Waals surface area contributed by atoms with Crippen LogP contribution in [-0.2, 0) is 6.61 Å². The second kappa shape index (κ2) is 9.61. The molecular formula is C23H17ClN2O3S. The molecule has 0 spiro atoms. The molecule has 0 unspecified atom stereocenters. The van der Waals surface area contributed by atoms with Crippen LogP contribution in [0.15, 0.2) is 88.5 Å². The van der Waals surface area contributed by atoms with Crippen molar-refractivity contribution in [3.63, 3.8) is 0 Å². The van der Waals surface area contributed by atoms with Crippen molar-refractivity contribution >= 4 is 29.1 Å². The van der Waals surface area contributed by atoms with Crippen LogP contribution in [0.25, 0.3) is 11.1 Å². The minimum atomic E-state index is -0.00770. The molecule has 7 heteroatoms. The van der Waals surface area contributed by atoms with E-state index in [1.165, 1.54) is 11.8 Å². The van der Waals surface area contributed by atoms with Gasteiger partial charge in [0.15, 0.2) is 12.4 Å². The number of aromatic nitrogens is 2. The highest BCUT2D eigenvalue weighted by molar-refractivity contribution is 7.99. The van der Waals surface area contributed by atoms with Crippen LogP contribution in [0.3, 0.4) is 0 Å². The van der Waals surface area contributed by atoms with Gasteiger partial charge in [-0.1, -0.05) is 90.1 Å². The van der Waals surface area contributed by atoms with Crippen LogP contribution in [0.5, 0.6) is 5.75 Å². The van der Waals surface area contributed by atoms with E-state index in [4.69, 9.17) is 20.8 Å². The van der Waals surface area contributed by atoms with Crippen LogP contribution in [0.4, 0.5) is 0 Å². The van der Waals surface area contributed by atoms with E-state index in [0.29, 0.717) is 27.4 Å². The van der Waals surface area contributed by atoms with Crippen LogP contribution >= 0.6 is 23.4 Å². The monoisotopic (exact) mass is 436 g/mol. The normalized spacial score (nSPS) is 10.7. The maximum Gasteiger partial charge on any atom is 0.277 e. The molecule has 4 aromatic rings. The van der Waals surface area contributed by atoms with E-state index in [9.17, 15) is 4.79 Å². The maximum absolute atomic E-state index is 12.5. The molecule has 0 N–H and O–H groups in total. The second-order valence-corrected chi connectivity index (χ2v) is 7.67. The topological polar surface area (TPSA) is 65.2 Å². The fraction of sp³-hybridized carbons (Fsp3) is 0.0870. The van der Waals surface area contributed by atoms with Crippen molar-refractivity contribution in [1.82, 2.24) is 10.2 Å². The minimum absolute atomic E-state index is 0.00770. The molecule has 0 bridgehead atoms. The number of benzene rings is 3. The number of thioether (sulfide) groups is 1. The number of nitrogens with zero attached hydrogens (tertiary/aromatic N) is 2. The van der Waals surface area contributed by atoms with Crippen LogP contribution in [-0.4, -0.2) is 21.7 Å². The highest BCUT2D eigenvalue weighted by atomic mass is 35.5. The minimum Gasteiger partial charge on any atom is -0.482 e. The molecule has 1 aromatic heterocycles. The Morgan fingerprint density at radius 3 is 2.37 bits per heavy atom. The Bertz CT molecular complexity index is 1130. The summed E-state index contributed by atoms with van der Waals surface area (Å²) in [6.45, 7) is 0.103. The number of ketones is 1. The third-order valence-corrected chi connectivity index (χ3v) is 5.41. The third kappa shape index (κ3) is 5.09. The molecule has 0 aliphatic rings. The summed E-state index contributed by atoms with van der Waals surface area (Å²) in [5, 5.41) is 8.72. The number of carbonyl (C=O) groups excluding carboxylic acids is 1. The summed E-state index contributed by atoms with van der Waals surface area (Å²) in [5.41, 5.74) is 2.83. The number of rotatable bonds is 8. The van der Waals surface area contributed by atoms with Crippen LogP contribution < -0.4 is 4.74 Å². The molecule has 4 rings (SSSR count). The molecule has 0 aliphatic heterocycles. The van der Waals surface area contributed by atoms with Gasteiger partial charge in [-0.15, -0.1) is 10.2 Å². The summed E-state index contributed by atoms with van der Waals surface area (Å²) in [6, 6.07) is 24.7. The molecule has 0 radical (unpaired) electrons. The van der Waals surface area contributed by atoms with Gasteiger partial charge in [0, 0.05) is 5.56 Å². The highest BCUT2D eigenvalue weighted by Gasteiger charge is 2.12. The lowest BCUT2D eigenvalue weighted by Crippen LogP contribution is -2.02. The Morgan fingerprint density at radius 2 is 1.60 bits per heavy atom. The molecule has 0 saturated carbocycles. The number of halogens is 1. The van der Waals surface area contributed by atoms with E-state index in [1.54, 1.807) is 12.1 Å². The average Bonchev–Trinajstić information content (AvgIpc) is 3.25. The molecule has 0 saturated heterocycles. The summed E-state index contributed by atoms with van der Waals surface area (Å²) in [5.74, 6) is 1.06. The van der Waals surface area contributed by atoms with Crippen molar-refractivity contribution in [3.8, 4) is 16.9 Å². The molecule has 0 aliphatic carbocycles. The van der Waals surface area contributed by atoms with E-state index in [1.807, 2.05) is 66.7 Å². The van der Waals surface area contributed by atoms with Gasteiger partial charge in [0.05, 0.1) is 10.8 Å². The third-order valence-electron chi connectivity index (χ3n) is 4.28. The van der Waals surface area contributed by atoms with E-state index < -0.39 is 0 Å². The number of carbonyl (C=O) groups is 1. The lowest BCUT2D eigenvalue weighted by Gasteiger charge is -2.04. The standard InChI is InChI=1S/C23H17ClN2O3S/c24-19-8-4-5-9-21(19)28-14-22-25-26-23(29-22)30-15-20(27)18-12-10-17(11-13-18)16-6-2-1-3-7-16/h1-13H,14-15H2. The van der Waals surface area contributed by atoms with Gasteiger partial charge in [-0.25, -0.2) is 0 Å². The second-order valence-electron chi connectivity index (χ2n) is 6.34. The molecule has 5 nitrogen and oxygen atoms in total. The number of Topliss-reactive ketones (excluding diaryl/α,β-unsaturated/α-hetero) is 1. The summed E-state index contributed by atoms with van der Waals surface area (Å²) in [6.07, 6.45) is 0. The maximum atomic E-state index is 12.5. The van der Waals surface area contributed by atoms with E-state index in [2.05, 4.69) is 10.2 Å². The zero-order valence-corrected chi connectivity index (χ0v) is 17.4. The number of hydrogen-bond acceptors (Lipinski definition) is 6. The van der Waals surface area contributed by atoms with Crippen molar-refractivity contribution in [3.05, 3.63) is 95.3 Å². The molecule has 3 aromatic carbocycles. The van der Waals surface area contributed by atoms with Crippen molar-refractivity contribution in [2.75, 3.05) is 5.75 Å². The zero-order chi connectivity index (χ0) is 20.8. The fourth-order valence-corrected chi connectivity index (χ4v) is 3.61. The first kappa shape index (κ1) is 20.2. The van der Waals surface area contributed by atoms with Gasteiger partial charge in [-0.05, 0) is 23.3 Å². The SMILES string of the molecule is O=C(CSc1nnc(COc2ccccc2Cl)o1)c1ccc(-c2ccccc2)cc1. The van der Waals surface area contributed by atoms with E-state index in [-0.39, 0.29) is 18.1 Å². The lowest BCUT2D eigenvalue weighted by molar-refractivity contribution is 0.102. The molecule has 0 atom stereocenters. The van der Waals surface area contributed by atoms with E-state index >= 15 is 0 Å². The molecular weight excluding hydrogens is 420 g/mol. The zero-order valence-electron chi connectivity index (χ0n) is 15.8. The van der Waals surface area contributed by atoms with Crippen molar-refractivity contribution in [1.29, 1.82) is 0 Å². The molecule has 30 heavy (non-hydrogen) atoms. The van der Waals surface area contributed by atoms with Gasteiger partial charge < -0.3 is 9.15 Å². The van der Waals surface area contributed by atoms with Gasteiger partial charge in [0.1, 0.15) is 5.75 Å². The molecule has 150 valence electrons. The van der Waals surface area contributed by atoms with E-state index in [0.717, 1.165) is 11.1 Å². The first-order chi connectivity index (χ1) is 14.7. The molecule has 1 heterocycles. The van der Waals surface area contributed by atoms with Crippen LogP contribution in [0, 0.1) is 0 Å². The number of hydrogen-bond donors (Lipinski definition) is 0. The Balaban J connectivity index is 1.30. The first-order valence-electron chi connectivity index (χ1n) is 9.20. The predicted octanol–water partition coefficient (Wildman–Crippen LogP) is 5.94. The lowest BCUT2D eigenvalue weighted by atomic mass is 10.0. The Kier molecular flexibility index (Phi) is 6.47. The number of para-hydroxylation sites is 1. The Hall–Kier alpha value is -3.09. The quantitative estimate of drug-likeness (QED) is 0.251. The van der Waals surface area contributed by atoms with Crippen molar-refractivity contribution in [2.24, 2.45) is 0 Å². The smallest absolute Gasteiger partial charge is 0.277 e.